The van der Waals surface area contributed by atoms with Gasteiger partial charge in [-0.3, -0.25) is 4.79 Å². The summed E-state index contributed by atoms with van der Waals surface area (Å²) in [6.45, 7) is 1.99. The van der Waals surface area contributed by atoms with Crippen molar-refractivity contribution in [2.75, 3.05) is 13.1 Å². The third kappa shape index (κ3) is 4.79. The highest BCUT2D eigenvalue weighted by atomic mass is 35.5. The number of hydrogen-bond acceptors (Lipinski definition) is 3. The first-order chi connectivity index (χ1) is 16.4. The minimum Gasteiger partial charge on any atom is -0.392 e. The Labute approximate surface area is 210 Å². The van der Waals surface area contributed by atoms with E-state index in [-0.39, 0.29) is 42.4 Å². The smallest absolute Gasteiger partial charge is 0.392 e. The second-order valence-electron chi connectivity index (χ2n) is 8.89. The lowest BCUT2D eigenvalue weighted by Gasteiger charge is -2.33. The molecular weight excluding hydrogens is 504 g/mol. The Morgan fingerprint density at radius 2 is 1.94 bits per heavy atom. The highest BCUT2D eigenvalue weighted by molar-refractivity contribution is 6.38. The highest BCUT2D eigenvalue weighted by Crippen LogP contribution is 2.36. The molecule has 3 aromatic rings. The van der Waals surface area contributed by atoms with Gasteiger partial charge in [-0.15, -0.1) is 0 Å². The molecule has 0 radical (unpaired) electrons. The van der Waals surface area contributed by atoms with Crippen molar-refractivity contribution in [2.24, 2.45) is 13.0 Å². The second kappa shape index (κ2) is 9.48. The fourth-order valence-corrected chi connectivity index (χ4v) is 5.15. The number of benzene rings is 2. The lowest BCUT2D eigenvalue weighted by atomic mass is 9.95. The van der Waals surface area contributed by atoms with Gasteiger partial charge >= 0.3 is 6.18 Å². The summed E-state index contributed by atoms with van der Waals surface area (Å²) in [5.74, 6) is -1.05. The number of alkyl halides is 3. The maximum atomic E-state index is 13.3. The first-order valence-corrected chi connectivity index (χ1v) is 11.7. The summed E-state index contributed by atoms with van der Waals surface area (Å²) in [6.07, 6.45) is -4.13. The van der Waals surface area contributed by atoms with Crippen LogP contribution in [0, 0.1) is 12.8 Å². The standard InChI is InChI=1S/C25H23Cl2F3N2O3/c1-13-7-15(25(28,29)30)8-21-18(13)9-16(31(21)2)10-19-20(26)4-3-17(23(19)27)24(35)32-6-5-22(34)14(11-32)12-33/h3-4,7-9,12,14,22,34H,5-6,10-11H2,1-2H3. The summed E-state index contributed by atoms with van der Waals surface area (Å²) < 4.78 is 41.6. The molecule has 0 aliphatic carbocycles. The normalized spacial score (nSPS) is 18.8. The predicted octanol–water partition coefficient (Wildman–Crippen LogP) is 5.43. The number of aldehydes is 1. The van der Waals surface area contributed by atoms with E-state index in [0.29, 0.717) is 39.0 Å². The number of nitrogens with zero attached hydrogens (tertiary/aromatic N) is 2. The summed E-state index contributed by atoms with van der Waals surface area (Å²) in [6, 6.07) is 7.10. The third-order valence-electron chi connectivity index (χ3n) is 6.65. The van der Waals surface area contributed by atoms with Crippen LogP contribution in [0.4, 0.5) is 13.2 Å². The summed E-state index contributed by atoms with van der Waals surface area (Å²) in [7, 11) is 1.67. The van der Waals surface area contributed by atoms with Gasteiger partial charge in [-0.1, -0.05) is 23.2 Å². The second-order valence-corrected chi connectivity index (χ2v) is 9.67. The Balaban J connectivity index is 1.70. The molecule has 1 saturated heterocycles. The summed E-state index contributed by atoms with van der Waals surface area (Å²) in [5, 5.41) is 11.1. The Bertz CT molecular complexity index is 1320. The molecule has 186 valence electrons. The zero-order valence-electron chi connectivity index (χ0n) is 19.0. The zero-order valence-corrected chi connectivity index (χ0v) is 20.5. The highest BCUT2D eigenvalue weighted by Gasteiger charge is 2.33. The zero-order chi connectivity index (χ0) is 25.7. The minimum atomic E-state index is -4.46. The van der Waals surface area contributed by atoms with Gasteiger partial charge in [0.25, 0.3) is 5.91 Å². The third-order valence-corrected chi connectivity index (χ3v) is 7.44. The first-order valence-electron chi connectivity index (χ1n) is 11.0. The quantitative estimate of drug-likeness (QED) is 0.461. The molecule has 0 bridgehead atoms. The van der Waals surface area contributed by atoms with Gasteiger partial charge in [0, 0.05) is 48.2 Å². The molecule has 10 heteroatoms. The van der Waals surface area contributed by atoms with E-state index in [1.54, 1.807) is 30.7 Å². The van der Waals surface area contributed by atoms with Crippen LogP contribution in [0.15, 0.2) is 30.3 Å². The Kier molecular flexibility index (Phi) is 6.92. The van der Waals surface area contributed by atoms with E-state index in [0.717, 1.165) is 12.1 Å². The van der Waals surface area contributed by atoms with Crippen LogP contribution in [0.1, 0.15) is 39.2 Å². The number of carbonyl (C=O) groups excluding carboxylic acids is 2. The number of piperidine rings is 1. The van der Waals surface area contributed by atoms with Crippen LogP contribution in [-0.2, 0) is 24.4 Å². The lowest BCUT2D eigenvalue weighted by Crippen LogP contribution is -2.46. The Morgan fingerprint density at radius 3 is 2.60 bits per heavy atom. The first kappa shape index (κ1) is 25.5. The van der Waals surface area contributed by atoms with Crippen LogP contribution in [-0.4, -0.2) is 46.0 Å². The SMILES string of the molecule is Cc1cc(C(F)(F)F)cc2c1cc(Cc1c(Cl)ccc(C(=O)N3CCC(O)C(C=O)C3)c1Cl)n2C. The molecule has 1 aliphatic heterocycles. The summed E-state index contributed by atoms with van der Waals surface area (Å²) >= 11 is 13.1. The molecule has 1 aromatic heterocycles. The van der Waals surface area contributed by atoms with Crippen LogP contribution in [0.25, 0.3) is 10.9 Å². The number of likely N-dealkylation sites (tertiary alicyclic amines) is 1. The van der Waals surface area contributed by atoms with Gasteiger partial charge in [-0.05, 0) is 54.8 Å². The molecule has 2 heterocycles. The van der Waals surface area contributed by atoms with Crippen LogP contribution in [0.5, 0.6) is 0 Å². The molecule has 2 unspecified atom stereocenters. The topological polar surface area (TPSA) is 62.5 Å². The average Bonchev–Trinajstić information content (AvgIpc) is 3.12. The van der Waals surface area contributed by atoms with Gasteiger partial charge in [0.1, 0.15) is 6.29 Å². The van der Waals surface area contributed by atoms with Crippen LogP contribution >= 0.6 is 23.2 Å². The number of aliphatic hydroxyl groups is 1. The van der Waals surface area contributed by atoms with Crippen LogP contribution in [0.2, 0.25) is 10.0 Å². The van der Waals surface area contributed by atoms with Gasteiger partial charge in [-0.25, -0.2) is 0 Å². The van der Waals surface area contributed by atoms with Crippen LogP contribution < -0.4 is 0 Å². The molecule has 35 heavy (non-hydrogen) atoms. The van der Waals surface area contributed by atoms with E-state index in [1.807, 2.05) is 0 Å². The molecule has 2 aromatic carbocycles. The van der Waals surface area contributed by atoms with Crippen molar-refractivity contribution in [3.8, 4) is 0 Å². The number of aryl methyl sites for hydroxylation is 2. The molecule has 1 N–H and O–H groups in total. The number of amides is 1. The number of aromatic nitrogens is 1. The number of fused-ring (bicyclic) bond motifs is 1. The Hall–Kier alpha value is -2.55. The van der Waals surface area contributed by atoms with Gasteiger partial charge in [0.2, 0.25) is 0 Å². The van der Waals surface area contributed by atoms with E-state index in [9.17, 15) is 27.9 Å². The van der Waals surface area contributed by atoms with Crippen molar-refractivity contribution in [1.82, 2.24) is 9.47 Å². The molecule has 0 saturated carbocycles. The van der Waals surface area contributed by atoms with Crippen molar-refractivity contribution >= 4 is 46.3 Å². The van der Waals surface area contributed by atoms with E-state index < -0.39 is 23.8 Å². The van der Waals surface area contributed by atoms with Gasteiger partial charge in [-0.2, -0.15) is 13.2 Å². The van der Waals surface area contributed by atoms with Crippen molar-refractivity contribution in [1.29, 1.82) is 0 Å². The fraction of sp³-hybridized carbons (Fsp3) is 0.360. The predicted molar refractivity (Wildman–Crippen MR) is 128 cm³/mol. The van der Waals surface area contributed by atoms with Gasteiger partial charge in [0.05, 0.1) is 28.2 Å². The number of hydrogen-bond donors (Lipinski definition) is 1. The van der Waals surface area contributed by atoms with Gasteiger partial charge in [0.15, 0.2) is 0 Å². The minimum absolute atomic E-state index is 0.0851. The van der Waals surface area contributed by atoms with E-state index in [1.165, 1.54) is 11.0 Å². The molecule has 1 aliphatic rings. The average molecular weight is 527 g/mol. The van der Waals surface area contributed by atoms with Crippen molar-refractivity contribution in [3.63, 3.8) is 0 Å². The number of rotatable bonds is 4. The van der Waals surface area contributed by atoms with Crippen LogP contribution in [0.3, 0.4) is 0 Å². The van der Waals surface area contributed by atoms with Crippen molar-refractivity contribution in [2.45, 2.75) is 32.0 Å². The number of aliphatic hydroxyl groups excluding tert-OH is 1. The molecule has 5 nitrogen and oxygen atoms in total. The van der Waals surface area contributed by atoms with Crippen molar-refractivity contribution < 1.29 is 27.9 Å². The molecule has 1 amide bonds. The largest absolute Gasteiger partial charge is 0.416 e. The monoisotopic (exact) mass is 526 g/mol. The van der Waals surface area contributed by atoms with Gasteiger partial charge < -0.3 is 19.4 Å². The maximum Gasteiger partial charge on any atom is 0.416 e. The molecule has 4 rings (SSSR count). The molecule has 0 spiro atoms. The lowest BCUT2D eigenvalue weighted by molar-refractivity contribution is -0.137. The molecule has 2 atom stereocenters. The van der Waals surface area contributed by atoms with E-state index >= 15 is 0 Å². The number of carbonyl (C=O) groups is 2. The Morgan fingerprint density at radius 1 is 1.23 bits per heavy atom. The summed E-state index contributed by atoms with van der Waals surface area (Å²) in [4.78, 5) is 25.9. The molecular formula is C25H23Cl2F3N2O3. The van der Waals surface area contributed by atoms with Crippen molar-refractivity contribution in [3.05, 3.63) is 68.3 Å². The molecule has 1 fully saturated rings. The number of halogens is 5. The summed E-state index contributed by atoms with van der Waals surface area (Å²) in [5.41, 5.74) is 1.56. The van der Waals surface area contributed by atoms with E-state index in [4.69, 9.17) is 23.2 Å². The fourth-order valence-electron chi connectivity index (χ4n) is 4.56. The van der Waals surface area contributed by atoms with E-state index in [2.05, 4.69) is 0 Å². The maximum absolute atomic E-state index is 13.3.